The highest BCUT2D eigenvalue weighted by Crippen LogP contribution is 2.49. The smallest absolute Gasteiger partial charge is 0.173 e. The molecule has 0 spiro atoms. The second-order valence-electron chi connectivity index (χ2n) is 9.57. The number of hydrogen-bond acceptors (Lipinski definition) is 6. The van der Waals surface area contributed by atoms with Crippen molar-refractivity contribution in [1.29, 1.82) is 0 Å². The Morgan fingerprint density at radius 3 is 2.73 bits per heavy atom. The van der Waals surface area contributed by atoms with E-state index in [1.165, 1.54) is 12.1 Å². The van der Waals surface area contributed by atoms with Crippen LogP contribution in [0.25, 0.3) is 22.4 Å². The lowest BCUT2D eigenvalue weighted by Gasteiger charge is -2.30. The van der Waals surface area contributed by atoms with E-state index < -0.39 is 0 Å². The van der Waals surface area contributed by atoms with Crippen LogP contribution in [0.4, 0.5) is 9.39 Å². The molecule has 0 radical (unpaired) electrons. The van der Waals surface area contributed by atoms with Gasteiger partial charge in [-0.2, -0.15) is 0 Å². The molecule has 1 fully saturated rings. The molecule has 3 aromatic rings. The Kier molecular flexibility index (Phi) is 5.80. The lowest BCUT2D eigenvalue weighted by Crippen LogP contribution is -2.36. The second-order valence-corrected chi connectivity index (χ2v) is 10.6. The highest BCUT2D eigenvalue weighted by Gasteiger charge is 2.37. The van der Waals surface area contributed by atoms with Crippen molar-refractivity contribution in [3.05, 3.63) is 58.3 Å². The molecule has 3 heterocycles. The van der Waals surface area contributed by atoms with Crippen LogP contribution in [0, 0.1) is 11.2 Å². The average Bonchev–Trinajstić information content (AvgIpc) is 3.18. The summed E-state index contributed by atoms with van der Waals surface area (Å²) in [6, 6.07) is 8.63. The minimum absolute atomic E-state index is 0.0900. The first-order valence-electron chi connectivity index (χ1n) is 11.3. The number of rotatable bonds is 4. The van der Waals surface area contributed by atoms with Crippen LogP contribution in [0.5, 0.6) is 0 Å². The van der Waals surface area contributed by atoms with Crippen molar-refractivity contribution in [3.8, 4) is 22.4 Å². The minimum atomic E-state index is -0.316. The monoisotopic (exact) mass is 465 g/mol. The molecule has 5 nitrogen and oxygen atoms in total. The van der Waals surface area contributed by atoms with Gasteiger partial charge in [0.25, 0.3) is 0 Å². The van der Waals surface area contributed by atoms with Crippen molar-refractivity contribution in [2.75, 3.05) is 31.2 Å². The molecule has 0 bridgehead atoms. The van der Waals surface area contributed by atoms with Crippen molar-refractivity contribution >= 4 is 22.1 Å². The fourth-order valence-electron chi connectivity index (χ4n) is 4.89. The zero-order valence-electron chi connectivity index (χ0n) is 19.0. The number of halogens is 1. The quantitative estimate of drug-likeness (QED) is 0.583. The van der Waals surface area contributed by atoms with E-state index in [9.17, 15) is 9.18 Å². The third-order valence-corrected chi connectivity index (χ3v) is 7.78. The van der Waals surface area contributed by atoms with Gasteiger partial charge in [-0.25, -0.2) is 4.39 Å². The summed E-state index contributed by atoms with van der Waals surface area (Å²) >= 11 is 1.60. The van der Waals surface area contributed by atoms with Gasteiger partial charge in [-0.05, 0) is 52.8 Å². The van der Waals surface area contributed by atoms with Crippen LogP contribution in [0.2, 0.25) is 0 Å². The molecule has 5 rings (SSSR count). The summed E-state index contributed by atoms with van der Waals surface area (Å²) in [6.45, 7) is 7.55. The number of morpholine rings is 1. The molecule has 1 aliphatic heterocycles. The molecule has 1 aliphatic carbocycles. The summed E-state index contributed by atoms with van der Waals surface area (Å²) in [5, 5.41) is 1.12. The first-order chi connectivity index (χ1) is 15.9. The van der Waals surface area contributed by atoms with E-state index in [1.54, 1.807) is 23.6 Å². The summed E-state index contributed by atoms with van der Waals surface area (Å²) in [6.07, 6.45) is 3.17. The van der Waals surface area contributed by atoms with E-state index in [2.05, 4.69) is 23.7 Å². The molecule has 0 amide bonds. The van der Waals surface area contributed by atoms with Gasteiger partial charge in [0.15, 0.2) is 5.78 Å². The van der Waals surface area contributed by atoms with Gasteiger partial charge in [0.05, 0.1) is 28.8 Å². The van der Waals surface area contributed by atoms with Crippen LogP contribution < -0.4 is 10.6 Å². The standard InChI is InChI=1S/C26H28FN3O2S/c1-26(2)13-20-23(25(30-7-9-32-10-8-30)33-24(20)22(31)14-26)16-5-6-29-21(11-16)19-12-18(27)4-3-17(19)15-28/h3-6,11-12H,7-10,13-15,28H2,1-2H3. The van der Waals surface area contributed by atoms with Gasteiger partial charge in [0.2, 0.25) is 0 Å². The lowest BCUT2D eigenvalue weighted by atomic mass is 9.75. The highest BCUT2D eigenvalue weighted by molar-refractivity contribution is 7.19. The fourth-order valence-corrected chi connectivity index (χ4v) is 6.22. The maximum atomic E-state index is 14.1. The predicted octanol–water partition coefficient (Wildman–Crippen LogP) is 5.07. The van der Waals surface area contributed by atoms with Crippen molar-refractivity contribution < 1.29 is 13.9 Å². The molecule has 172 valence electrons. The Morgan fingerprint density at radius 1 is 1.18 bits per heavy atom. The van der Waals surface area contributed by atoms with Gasteiger partial charge < -0.3 is 15.4 Å². The summed E-state index contributed by atoms with van der Waals surface area (Å²) < 4.78 is 19.7. The molecular formula is C26H28FN3O2S. The van der Waals surface area contributed by atoms with Crippen LogP contribution in [0.15, 0.2) is 36.5 Å². The van der Waals surface area contributed by atoms with Gasteiger partial charge in [-0.3, -0.25) is 9.78 Å². The Hall–Kier alpha value is -2.61. The molecule has 0 unspecified atom stereocenters. The molecule has 0 atom stereocenters. The van der Waals surface area contributed by atoms with E-state index in [-0.39, 0.29) is 17.0 Å². The Morgan fingerprint density at radius 2 is 1.97 bits per heavy atom. The van der Waals surface area contributed by atoms with E-state index in [0.29, 0.717) is 37.4 Å². The topological polar surface area (TPSA) is 68.5 Å². The SMILES string of the molecule is CC1(C)CC(=O)c2sc(N3CCOCC3)c(-c3ccnc(-c4cc(F)ccc4CN)c3)c2C1. The lowest BCUT2D eigenvalue weighted by molar-refractivity contribution is 0.0918. The van der Waals surface area contributed by atoms with E-state index in [4.69, 9.17) is 10.5 Å². The van der Waals surface area contributed by atoms with Crippen LogP contribution in [-0.4, -0.2) is 37.1 Å². The molecule has 33 heavy (non-hydrogen) atoms. The summed E-state index contributed by atoms with van der Waals surface area (Å²) in [5.41, 5.74) is 11.3. The van der Waals surface area contributed by atoms with Gasteiger partial charge in [-0.1, -0.05) is 19.9 Å². The summed E-state index contributed by atoms with van der Waals surface area (Å²) in [5.74, 6) is -0.0968. The maximum Gasteiger partial charge on any atom is 0.173 e. The van der Waals surface area contributed by atoms with Crippen LogP contribution >= 0.6 is 11.3 Å². The van der Waals surface area contributed by atoms with Gasteiger partial charge >= 0.3 is 0 Å². The number of Topliss-reactive ketones (excluding diaryl/α,β-unsaturated/α-hetero) is 1. The largest absolute Gasteiger partial charge is 0.378 e. The average molecular weight is 466 g/mol. The summed E-state index contributed by atoms with van der Waals surface area (Å²) in [4.78, 5) is 20.8. The number of benzene rings is 1. The summed E-state index contributed by atoms with van der Waals surface area (Å²) in [7, 11) is 0. The highest BCUT2D eigenvalue weighted by atomic mass is 32.1. The maximum absolute atomic E-state index is 14.1. The minimum Gasteiger partial charge on any atom is -0.378 e. The second kappa shape index (κ2) is 8.63. The Labute approximate surface area is 197 Å². The van der Waals surface area contributed by atoms with E-state index >= 15 is 0 Å². The number of ether oxygens (including phenoxy) is 1. The van der Waals surface area contributed by atoms with E-state index in [0.717, 1.165) is 51.6 Å². The Bertz CT molecular complexity index is 1210. The van der Waals surface area contributed by atoms with Gasteiger partial charge in [-0.15, -0.1) is 11.3 Å². The van der Waals surface area contributed by atoms with Crippen molar-refractivity contribution in [2.24, 2.45) is 11.1 Å². The number of aromatic nitrogens is 1. The molecule has 0 saturated carbocycles. The number of nitrogens with zero attached hydrogens (tertiary/aromatic N) is 2. The predicted molar refractivity (Wildman–Crippen MR) is 130 cm³/mol. The molecule has 7 heteroatoms. The molecule has 2 aliphatic rings. The number of hydrogen-bond donors (Lipinski definition) is 1. The molecule has 2 N–H and O–H groups in total. The number of carbonyl (C=O) groups is 1. The number of anilines is 1. The number of pyridine rings is 1. The molecule has 2 aromatic heterocycles. The zero-order chi connectivity index (χ0) is 23.2. The van der Waals surface area contributed by atoms with Crippen LogP contribution in [0.3, 0.4) is 0 Å². The first-order valence-corrected chi connectivity index (χ1v) is 12.1. The van der Waals surface area contributed by atoms with Crippen LogP contribution in [0.1, 0.15) is 41.1 Å². The third-order valence-electron chi connectivity index (χ3n) is 6.45. The zero-order valence-corrected chi connectivity index (χ0v) is 19.8. The third kappa shape index (κ3) is 4.21. The van der Waals surface area contributed by atoms with Crippen LogP contribution in [-0.2, 0) is 17.7 Å². The van der Waals surface area contributed by atoms with Crippen molar-refractivity contribution in [1.82, 2.24) is 4.98 Å². The fraction of sp³-hybridized carbons (Fsp3) is 0.385. The molecular weight excluding hydrogens is 437 g/mol. The number of ketones is 1. The molecule has 1 saturated heterocycles. The first kappa shape index (κ1) is 22.2. The van der Waals surface area contributed by atoms with Gasteiger partial charge in [0.1, 0.15) is 5.82 Å². The number of thiophene rings is 1. The van der Waals surface area contributed by atoms with Crippen molar-refractivity contribution in [2.45, 2.75) is 33.2 Å². The number of nitrogens with two attached hydrogens (primary N) is 1. The van der Waals surface area contributed by atoms with Crippen molar-refractivity contribution in [3.63, 3.8) is 0 Å². The number of carbonyl (C=O) groups excluding carboxylic acids is 1. The molecule has 1 aromatic carbocycles. The normalized spacial score (nSPS) is 17.8. The van der Waals surface area contributed by atoms with Gasteiger partial charge in [0, 0.05) is 43.4 Å². The Balaban J connectivity index is 1.69. The number of fused-ring (bicyclic) bond motifs is 1. The van der Waals surface area contributed by atoms with E-state index in [1.807, 2.05) is 12.1 Å².